The highest BCUT2D eigenvalue weighted by molar-refractivity contribution is 5.90. The average Bonchev–Trinajstić information content (AvgIpc) is 2.38. The third-order valence-electron chi connectivity index (χ3n) is 2.26. The van der Waals surface area contributed by atoms with Gasteiger partial charge in [-0.1, -0.05) is 0 Å². The molecule has 0 heterocycles. The number of carbonyl (C=O) groups is 2. The minimum absolute atomic E-state index is 0.271. The molecule has 0 unspecified atom stereocenters. The molecular formula is C12H11F3O4. The van der Waals surface area contributed by atoms with Crippen molar-refractivity contribution in [3.05, 3.63) is 35.1 Å². The molecule has 0 radical (unpaired) electrons. The molecular weight excluding hydrogens is 265 g/mol. The van der Waals surface area contributed by atoms with E-state index in [0.29, 0.717) is 12.1 Å². The van der Waals surface area contributed by atoms with E-state index in [2.05, 4.69) is 9.47 Å². The second kappa shape index (κ2) is 5.73. The first-order chi connectivity index (χ1) is 8.84. The Labute approximate surface area is 107 Å². The van der Waals surface area contributed by atoms with Crippen molar-refractivity contribution in [2.75, 3.05) is 13.7 Å². The second-order valence-electron chi connectivity index (χ2n) is 3.48. The van der Waals surface area contributed by atoms with E-state index in [1.165, 1.54) is 6.92 Å². The number of halogens is 3. The van der Waals surface area contributed by atoms with Crippen molar-refractivity contribution in [3.63, 3.8) is 0 Å². The summed E-state index contributed by atoms with van der Waals surface area (Å²) in [6, 6.07) is 2.21. The number of hydrogen-bond acceptors (Lipinski definition) is 4. The van der Waals surface area contributed by atoms with Gasteiger partial charge in [-0.2, -0.15) is 8.78 Å². The van der Waals surface area contributed by atoms with Crippen LogP contribution in [0, 0.1) is 5.82 Å². The minimum atomic E-state index is -4.18. The highest BCUT2D eigenvalue weighted by Gasteiger charge is 2.45. The van der Waals surface area contributed by atoms with Crippen LogP contribution >= 0.6 is 0 Å². The Hall–Kier alpha value is -2.05. The van der Waals surface area contributed by atoms with E-state index in [4.69, 9.17) is 0 Å². The van der Waals surface area contributed by atoms with Crippen LogP contribution in [0.2, 0.25) is 0 Å². The minimum Gasteiger partial charge on any atom is -0.465 e. The largest absolute Gasteiger partial charge is 0.465 e. The second-order valence-corrected chi connectivity index (χ2v) is 3.48. The Morgan fingerprint density at radius 2 is 1.95 bits per heavy atom. The first kappa shape index (κ1) is 15.0. The zero-order valence-corrected chi connectivity index (χ0v) is 10.2. The van der Waals surface area contributed by atoms with Gasteiger partial charge in [0.1, 0.15) is 5.82 Å². The van der Waals surface area contributed by atoms with Crippen molar-refractivity contribution in [2.45, 2.75) is 12.8 Å². The lowest BCUT2D eigenvalue weighted by molar-refractivity contribution is -0.173. The molecule has 0 N–H and O–H groups in total. The Kier molecular flexibility index (Phi) is 4.52. The van der Waals surface area contributed by atoms with Crippen molar-refractivity contribution in [1.29, 1.82) is 0 Å². The smallest absolute Gasteiger partial charge is 0.382 e. The summed E-state index contributed by atoms with van der Waals surface area (Å²) in [5, 5.41) is 0. The summed E-state index contributed by atoms with van der Waals surface area (Å²) in [6.45, 7) is 1.07. The molecule has 4 nitrogen and oxygen atoms in total. The lowest BCUT2D eigenvalue weighted by atomic mass is 10.0. The highest BCUT2D eigenvalue weighted by atomic mass is 19.3. The molecule has 0 aliphatic carbocycles. The normalized spacial score (nSPS) is 11.0. The fraction of sp³-hybridized carbons (Fsp3) is 0.333. The van der Waals surface area contributed by atoms with Crippen LogP contribution in [0.3, 0.4) is 0 Å². The van der Waals surface area contributed by atoms with E-state index in [1.807, 2.05) is 0 Å². The van der Waals surface area contributed by atoms with Crippen LogP contribution in [0.15, 0.2) is 18.2 Å². The zero-order valence-electron chi connectivity index (χ0n) is 10.2. The SMILES string of the molecule is CCOC(=O)C(F)(F)c1cc(C(=O)OC)ccc1F. The molecule has 0 bridgehead atoms. The molecule has 0 fully saturated rings. The summed E-state index contributed by atoms with van der Waals surface area (Å²) >= 11 is 0. The molecule has 1 rings (SSSR count). The van der Waals surface area contributed by atoms with Crippen molar-refractivity contribution in [1.82, 2.24) is 0 Å². The molecule has 19 heavy (non-hydrogen) atoms. The monoisotopic (exact) mass is 276 g/mol. The molecule has 104 valence electrons. The first-order valence-electron chi connectivity index (χ1n) is 5.28. The van der Waals surface area contributed by atoms with Gasteiger partial charge in [-0.3, -0.25) is 0 Å². The number of benzene rings is 1. The highest BCUT2D eigenvalue weighted by Crippen LogP contribution is 2.32. The van der Waals surface area contributed by atoms with E-state index in [1.54, 1.807) is 0 Å². The summed E-state index contributed by atoms with van der Waals surface area (Å²) in [7, 11) is 1.05. The van der Waals surface area contributed by atoms with Crippen LogP contribution in [-0.4, -0.2) is 25.7 Å². The van der Waals surface area contributed by atoms with Crippen molar-refractivity contribution in [3.8, 4) is 0 Å². The van der Waals surface area contributed by atoms with Crippen molar-refractivity contribution < 1.29 is 32.2 Å². The molecule has 0 aromatic heterocycles. The zero-order chi connectivity index (χ0) is 14.6. The molecule has 1 aromatic rings. The molecule has 0 saturated carbocycles. The van der Waals surface area contributed by atoms with Crippen LogP contribution < -0.4 is 0 Å². The molecule has 1 aromatic carbocycles. The van der Waals surface area contributed by atoms with Crippen LogP contribution in [0.25, 0.3) is 0 Å². The third kappa shape index (κ3) is 3.04. The van der Waals surface area contributed by atoms with E-state index in [0.717, 1.165) is 13.2 Å². The number of carbonyl (C=O) groups excluding carboxylic acids is 2. The van der Waals surface area contributed by atoms with Gasteiger partial charge in [-0.05, 0) is 25.1 Å². The lowest BCUT2D eigenvalue weighted by Gasteiger charge is -2.16. The van der Waals surface area contributed by atoms with Crippen molar-refractivity contribution in [2.24, 2.45) is 0 Å². The first-order valence-corrected chi connectivity index (χ1v) is 5.28. The molecule has 7 heteroatoms. The Morgan fingerprint density at radius 3 is 2.47 bits per heavy atom. The third-order valence-corrected chi connectivity index (χ3v) is 2.26. The standard InChI is InChI=1S/C12H11F3O4/c1-3-19-11(17)12(14,15)8-6-7(10(16)18-2)4-5-9(8)13/h4-6H,3H2,1-2H3. The summed E-state index contributed by atoms with van der Waals surface area (Å²) in [5.74, 6) is -8.29. The predicted octanol–water partition coefficient (Wildman–Crippen LogP) is 2.27. The van der Waals surface area contributed by atoms with Crippen LogP contribution in [0.5, 0.6) is 0 Å². The topological polar surface area (TPSA) is 52.6 Å². The van der Waals surface area contributed by atoms with Gasteiger partial charge in [0.2, 0.25) is 0 Å². The van der Waals surface area contributed by atoms with Gasteiger partial charge in [0.25, 0.3) is 0 Å². The quantitative estimate of drug-likeness (QED) is 0.792. The number of esters is 2. The van der Waals surface area contributed by atoms with Crippen LogP contribution in [0.4, 0.5) is 13.2 Å². The van der Waals surface area contributed by atoms with E-state index < -0.39 is 29.2 Å². The van der Waals surface area contributed by atoms with Gasteiger partial charge >= 0.3 is 17.9 Å². The maximum Gasteiger partial charge on any atom is 0.382 e. The van der Waals surface area contributed by atoms with Gasteiger partial charge in [-0.25, -0.2) is 14.0 Å². The molecule has 0 saturated heterocycles. The number of rotatable bonds is 4. The lowest BCUT2D eigenvalue weighted by Crippen LogP contribution is -2.29. The van der Waals surface area contributed by atoms with E-state index >= 15 is 0 Å². The molecule has 0 atom stereocenters. The molecule has 0 aliphatic rings. The van der Waals surface area contributed by atoms with Gasteiger partial charge < -0.3 is 9.47 Å². The van der Waals surface area contributed by atoms with Crippen molar-refractivity contribution >= 4 is 11.9 Å². The van der Waals surface area contributed by atoms with Gasteiger partial charge in [-0.15, -0.1) is 0 Å². The summed E-state index contributed by atoms with van der Waals surface area (Å²) in [4.78, 5) is 22.3. The van der Waals surface area contributed by atoms with E-state index in [-0.39, 0.29) is 12.2 Å². The number of alkyl halides is 2. The molecule has 0 amide bonds. The number of methoxy groups -OCH3 is 1. The van der Waals surface area contributed by atoms with Gasteiger partial charge in [0, 0.05) is 0 Å². The molecule has 0 spiro atoms. The number of ether oxygens (including phenoxy) is 2. The fourth-order valence-electron chi connectivity index (χ4n) is 1.34. The Bertz CT molecular complexity index is 500. The molecule has 0 aliphatic heterocycles. The fourth-order valence-corrected chi connectivity index (χ4v) is 1.34. The maximum absolute atomic E-state index is 13.7. The summed E-state index contributed by atoms with van der Waals surface area (Å²) in [5.41, 5.74) is -1.52. The van der Waals surface area contributed by atoms with Crippen LogP contribution in [-0.2, 0) is 20.2 Å². The summed E-state index contributed by atoms with van der Waals surface area (Å²) < 4.78 is 49.2. The number of hydrogen-bond donors (Lipinski definition) is 0. The Morgan fingerprint density at radius 1 is 1.32 bits per heavy atom. The summed E-state index contributed by atoms with van der Waals surface area (Å²) in [6.07, 6.45) is 0. The van der Waals surface area contributed by atoms with E-state index in [9.17, 15) is 22.8 Å². The maximum atomic E-state index is 13.7. The van der Waals surface area contributed by atoms with Gasteiger partial charge in [0.15, 0.2) is 0 Å². The van der Waals surface area contributed by atoms with Gasteiger partial charge in [0.05, 0.1) is 24.8 Å². The predicted molar refractivity (Wildman–Crippen MR) is 58.3 cm³/mol. The average molecular weight is 276 g/mol. The van der Waals surface area contributed by atoms with Crippen LogP contribution in [0.1, 0.15) is 22.8 Å². The Balaban J connectivity index is 3.25.